The molecule has 5 heteroatoms. The number of nitrogens with zero attached hydrogens (tertiary/aromatic N) is 2. The van der Waals surface area contributed by atoms with Gasteiger partial charge in [-0.3, -0.25) is 0 Å². The maximum atomic E-state index is 5.79. The Labute approximate surface area is 117 Å². The van der Waals surface area contributed by atoms with E-state index < -0.39 is 0 Å². The maximum Gasteiger partial charge on any atom is 0.186 e. The van der Waals surface area contributed by atoms with Crippen molar-refractivity contribution in [2.75, 3.05) is 37.4 Å². The zero-order valence-corrected chi connectivity index (χ0v) is 11.9. The third-order valence-corrected chi connectivity index (χ3v) is 4.48. The lowest BCUT2D eigenvalue weighted by atomic mass is 10.3. The molecule has 1 saturated carbocycles. The van der Waals surface area contributed by atoms with Crippen molar-refractivity contribution in [1.29, 1.82) is 0 Å². The van der Waals surface area contributed by atoms with Crippen molar-refractivity contribution in [2.24, 2.45) is 5.92 Å². The van der Waals surface area contributed by atoms with Gasteiger partial charge in [0.15, 0.2) is 5.13 Å². The van der Waals surface area contributed by atoms with Gasteiger partial charge >= 0.3 is 0 Å². The summed E-state index contributed by atoms with van der Waals surface area (Å²) >= 11 is 1.68. The Morgan fingerprint density at radius 3 is 3.11 bits per heavy atom. The highest BCUT2D eigenvalue weighted by atomic mass is 32.1. The molecule has 2 N–H and O–H groups in total. The van der Waals surface area contributed by atoms with Gasteiger partial charge in [0, 0.05) is 25.9 Å². The Hall–Kier alpha value is -1.33. The third-order valence-electron chi connectivity index (χ3n) is 3.35. The van der Waals surface area contributed by atoms with Gasteiger partial charge in [-0.2, -0.15) is 0 Å². The molecule has 0 atom stereocenters. The number of hydrogen-bond acceptors (Lipinski definition) is 5. The van der Waals surface area contributed by atoms with Crippen molar-refractivity contribution in [3.63, 3.8) is 0 Å². The molecular weight excluding hydrogens is 258 g/mol. The van der Waals surface area contributed by atoms with E-state index >= 15 is 0 Å². The quantitative estimate of drug-likeness (QED) is 0.651. The summed E-state index contributed by atoms with van der Waals surface area (Å²) in [6.07, 6.45) is 2.68. The van der Waals surface area contributed by atoms with Gasteiger partial charge in [0.25, 0.3) is 0 Å². The number of anilines is 2. The molecule has 0 bridgehead atoms. The Balaban J connectivity index is 1.58. The number of likely N-dealkylation sites (N-methyl/N-ethyl adjacent to an activating group) is 1. The first kappa shape index (κ1) is 12.7. The average molecular weight is 277 g/mol. The third kappa shape index (κ3) is 3.16. The van der Waals surface area contributed by atoms with E-state index in [0.29, 0.717) is 0 Å². The number of rotatable bonds is 6. The highest BCUT2D eigenvalue weighted by Crippen LogP contribution is 2.30. The fourth-order valence-electron chi connectivity index (χ4n) is 1.92. The van der Waals surface area contributed by atoms with Gasteiger partial charge in [-0.15, -0.1) is 0 Å². The molecule has 1 heterocycles. The largest absolute Gasteiger partial charge is 0.399 e. The van der Waals surface area contributed by atoms with Crippen LogP contribution >= 0.6 is 11.3 Å². The molecule has 1 fully saturated rings. The molecule has 0 unspecified atom stereocenters. The van der Waals surface area contributed by atoms with E-state index in [1.165, 1.54) is 12.8 Å². The number of benzene rings is 1. The minimum atomic E-state index is 0.769. The molecule has 1 aliphatic rings. The van der Waals surface area contributed by atoms with Crippen molar-refractivity contribution in [1.82, 2.24) is 4.98 Å². The zero-order chi connectivity index (χ0) is 13.2. The van der Waals surface area contributed by atoms with Crippen LogP contribution < -0.4 is 10.6 Å². The summed E-state index contributed by atoms with van der Waals surface area (Å²) in [7, 11) is 2.06. The summed E-state index contributed by atoms with van der Waals surface area (Å²) in [5, 5.41) is 1.02. The molecule has 2 aromatic rings. The van der Waals surface area contributed by atoms with Crippen LogP contribution in [0.15, 0.2) is 18.2 Å². The molecule has 1 aliphatic carbocycles. The van der Waals surface area contributed by atoms with Crippen LogP contribution in [-0.2, 0) is 4.74 Å². The number of thiazole rings is 1. The Kier molecular flexibility index (Phi) is 3.57. The second kappa shape index (κ2) is 5.35. The number of nitrogen functional groups attached to an aromatic ring is 1. The van der Waals surface area contributed by atoms with E-state index in [9.17, 15) is 0 Å². The first-order valence-corrected chi connectivity index (χ1v) is 7.49. The molecule has 102 valence electrons. The molecule has 0 amide bonds. The van der Waals surface area contributed by atoms with Gasteiger partial charge < -0.3 is 15.4 Å². The fraction of sp³-hybridized carbons (Fsp3) is 0.500. The minimum Gasteiger partial charge on any atom is -0.399 e. The number of aromatic nitrogens is 1. The number of nitrogens with two attached hydrogens (primary N) is 1. The molecule has 0 radical (unpaired) electrons. The number of ether oxygens (including phenoxy) is 1. The summed E-state index contributed by atoms with van der Waals surface area (Å²) in [5.41, 5.74) is 7.59. The molecule has 0 spiro atoms. The maximum absolute atomic E-state index is 5.79. The van der Waals surface area contributed by atoms with Crippen molar-refractivity contribution in [3.8, 4) is 0 Å². The van der Waals surface area contributed by atoms with Crippen molar-refractivity contribution in [3.05, 3.63) is 18.2 Å². The van der Waals surface area contributed by atoms with Crippen LogP contribution in [0.5, 0.6) is 0 Å². The molecule has 1 aromatic heterocycles. The highest BCUT2D eigenvalue weighted by Gasteiger charge is 2.21. The topological polar surface area (TPSA) is 51.4 Å². The van der Waals surface area contributed by atoms with Crippen molar-refractivity contribution in [2.45, 2.75) is 12.8 Å². The van der Waals surface area contributed by atoms with Crippen LogP contribution in [0.2, 0.25) is 0 Å². The van der Waals surface area contributed by atoms with Crippen LogP contribution in [0.3, 0.4) is 0 Å². The van der Waals surface area contributed by atoms with Gasteiger partial charge in [-0.1, -0.05) is 11.3 Å². The summed E-state index contributed by atoms with van der Waals surface area (Å²) in [6.45, 7) is 2.57. The second-order valence-corrected chi connectivity index (χ2v) is 6.17. The molecule has 19 heavy (non-hydrogen) atoms. The normalized spacial score (nSPS) is 15.0. The zero-order valence-electron chi connectivity index (χ0n) is 11.1. The van der Waals surface area contributed by atoms with Crippen molar-refractivity contribution < 1.29 is 4.74 Å². The minimum absolute atomic E-state index is 0.769. The second-order valence-electron chi connectivity index (χ2n) is 5.16. The molecule has 0 saturated heterocycles. The van der Waals surface area contributed by atoms with Crippen LogP contribution in [0.1, 0.15) is 12.8 Å². The Bertz CT molecular complexity index is 565. The lowest BCUT2D eigenvalue weighted by Gasteiger charge is -2.15. The molecular formula is C14H19N3OS. The summed E-state index contributed by atoms with van der Waals surface area (Å²) in [5.74, 6) is 0.829. The first-order valence-electron chi connectivity index (χ1n) is 6.67. The van der Waals surface area contributed by atoms with E-state index in [4.69, 9.17) is 10.5 Å². The van der Waals surface area contributed by atoms with E-state index in [0.717, 1.165) is 46.7 Å². The smallest absolute Gasteiger partial charge is 0.186 e. The molecule has 0 aliphatic heterocycles. The Morgan fingerprint density at radius 2 is 2.32 bits per heavy atom. The molecule has 1 aromatic carbocycles. The lowest BCUT2D eigenvalue weighted by Crippen LogP contribution is -2.22. The number of fused-ring (bicyclic) bond motifs is 1. The standard InChI is InChI=1S/C14H19N3OS/c1-17(6-7-18-9-10-2-3-10)14-16-12-5-4-11(15)8-13(12)19-14/h4-5,8,10H,2-3,6-7,9,15H2,1H3. The van der Waals surface area contributed by atoms with Crippen molar-refractivity contribution >= 4 is 32.4 Å². The van der Waals surface area contributed by atoms with Gasteiger partial charge in [0.1, 0.15) is 0 Å². The lowest BCUT2D eigenvalue weighted by molar-refractivity contribution is 0.131. The fourth-order valence-corrected chi connectivity index (χ4v) is 2.93. The first-order chi connectivity index (χ1) is 9.22. The van der Waals surface area contributed by atoms with Crippen LogP contribution in [-0.4, -0.2) is 31.8 Å². The summed E-state index contributed by atoms with van der Waals surface area (Å²) in [6, 6.07) is 5.85. The van der Waals surface area contributed by atoms with Gasteiger partial charge in [-0.25, -0.2) is 4.98 Å². The van der Waals surface area contributed by atoms with Gasteiger partial charge in [0.2, 0.25) is 0 Å². The van der Waals surface area contributed by atoms with Crippen LogP contribution in [0.4, 0.5) is 10.8 Å². The average Bonchev–Trinajstić information content (AvgIpc) is 3.12. The molecule has 4 nitrogen and oxygen atoms in total. The van der Waals surface area contributed by atoms with E-state index in [2.05, 4.69) is 16.9 Å². The van der Waals surface area contributed by atoms with Crippen LogP contribution in [0, 0.1) is 5.92 Å². The van der Waals surface area contributed by atoms with Gasteiger partial charge in [-0.05, 0) is 37.0 Å². The van der Waals surface area contributed by atoms with Crippen LogP contribution in [0.25, 0.3) is 10.2 Å². The SMILES string of the molecule is CN(CCOCC1CC1)c1nc2ccc(N)cc2s1. The summed E-state index contributed by atoms with van der Waals surface area (Å²) < 4.78 is 6.80. The van der Waals surface area contributed by atoms with E-state index in [1.54, 1.807) is 11.3 Å². The van der Waals surface area contributed by atoms with E-state index in [-0.39, 0.29) is 0 Å². The molecule has 3 rings (SSSR count). The monoisotopic (exact) mass is 277 g/mol. The van der Waals surface area contributed by atoms with E-state index in [1.807, 2.05) is 18.2 Å². The van der Waals surface area contributed by atoms with Gasteiger partial charge in [0.05, 0.1) is 16.8 Å². The predicted molar refractivity (Wildman–Crippen MR) is 80.8 cm³/mol. The number of hydrogen-bond donors (Lipinski definition) is 1. The predicted octanol–water partition coefficient (Wildman–Crippen LogP) is 2.74. The Morgan fingerprint density at radius 1 is 1.47 bits per heavy atom. The summed E-state index contributed by atoms with van der Waals surface area (Å²) in [4.78, 5) is 6.76. The highest BCUT2D eigenvalue weighted by molar-refractivity contribution is 7.22.